The molecule has 0 N–H and O–H groups in total. The lowest BCUT2D eigenvalue weighted by Crippen LogP contribution is -2.43. The van der Waals surface area contributed by atoms with E-state index in [2.05, 4.69) is 82.4 Å². The van der Waals surface area contributed by atoms with Gasteiger partial charge in [0.05, 0.1) is 26.4 Å². The lowest BCUT2D eigenvalue weighted by Gasteiger charge is -2.34. The molecule has 2 aromatic rings. The number of anilines is 2. The summed E-state index contributed by atoms with van der Waals surface area (Å²) in [6.07, 6.45) is 6.28. The lowest BCUT2D eigenvalue weighted by atomic mass is 9.88. The number of ether oxygens (including phenoxy) is 2. The first kappa shape index (κ1) is 23.5. The van der Waals surface area contributed by atoms with Crippen molar-refractivity contribution in [2.45, 2.75) is 24.9 Å². The maximum atomic E-state index is 13.8. The van der Waals surface area contributed by atoms with Crippen LogP contribution in [0.25, 0.3) is 12.2 Å². The van der Waals surface area contributed by atoms with Crippen LogP contribution in [0.4, 0.5) is 11.4 Å². The first-order chi connectivity index (χ1) is 17.7. The van der Waals surface area contributed by atoms with Crippen molar-refractivity contribution in [3.05, 3.63) is 70.8 Å². The van der Waals surface area contributed by atoms with Crippen molar-refractivity contribution in [1.29, 1.82) is 0 Å². The Hall–Kier alpha value is -2.93. The van der Waals surface area contributed by atoms with Crippen LogP contribution in [-0.2, 0) is 14.3 Å². The zero-order valence-corrected chi connectivity index (χ0v) is 21.1. The van der Waals surface area contributed by atoms with Crippen LogP contribution >= 0.6 is 0 Å². The molecule has 4 aliphatic heterocycles. The van der Waals surface area contributed by atoms with Crippen LogP contribution in [0.5, 0.6) is 0 Å². The van der Waals surface area contributed by atoms with Crippen LogP contribution in [0.2, 0.25) is 0 Å². The van der Waals surface area contributed by atoms with E-state index in [1.807, 2.05) is 0 Å². The Bertz CT molecular complexity index is 1050. The summed E-state index contributed by atoms with van der Waals surface area (Å²) in [7, 11) is 2.17. The summed E-state index contributed by atoms with van der Waals surface area (Å²) in [6, 6.07) is 17.6. The molecule has 2 bridgehead atoms. The third kappa shape index (κ3) is 4.61. The maximum absolute atomic E-state index is 13.8. The highest BCUT2D eigenvalue weighted by Gasteiger charge is 2.44. The number of likely N-dealkylation sites (N-methyl/N-ethyl adjacent to an activating group) is 1. The predicted octanol–water partition coefficient (Wildman–Crippen LogP) is 3.87. The van der Waals surface area contributed by atoms with Crippen molar-refractivity contribution in [2.24, 2.45) is 0 Å². The minimum Gasteiger partial charge on any atom is -0.378 e. The molecule has 6 heteroatoms. The van der Waals surface area contributed by atoms with Gasteiger partial charge in [-0.2, -0.15) is 0 Å². The van der Waals surface area contributed by atoms with E-state index in [0.717, 1.165) is 87.7 Å². The summed E-state index contributed by atoms with van der Waals surface area (Å²) >= 11 is 0. The number of rotatable bonds is 4. The van der Waals surface area contributed by atoms with Crippen molar-refractivity contribution in [3.63, 3.8) is 0 Å². The smallest absolute Gasteiger partial charge is 0.188 e. The van der Waals surface area contributed by atoms with Gasteiger partial charge in [0.2, 0.25) is 0 Å². The van der Waals surface area contributed by atoms with Gasteiger partial charge in [0.25, 0.3) is 0 Å². The topological polar surface area (TPSA) is 45.2 Å². The average molecular weight is 486 g/mol. The summed E-state index contributed by atoms with van der Waals surface area (Å²) in [6.45, 7) is 6.81. The summed E-state index contributed by atoms with van der Waals surface area (Å²) in [5.41, 5.74) is 6.44. The molecule has 0 amide bonds. The number of nitrogens with zero attached hydrogens (tertiary/aromatic N) is 3. The number of piperidine rings is 1. The normalized spacial score (nSPS) is 27.3. The van der Waals surface area contributed by atoms with E-state index in [0.29, 0.717) is 0 Å². The molecule has 0 spiro atoms. The van der Waals surface area contributed by atoms with E-state index < -0.39 is 0 Å². The van der Waals surface area contributed by atoms with Gasteiger partial charge in [0, 0.05) is 60.8 Å². The van der Waals surface area contributed by atoms with Crippen LogP contribution in [0.3, 0.4) is 0 Å². The monoisotopic (exact) mass is 485 g/mol. The van der Waals surface area contributed by atoms with Crippen molar-refractivity contribution in [3.8, 4) is 0 Å². The second-order valence-corrected chi connectivity index (χ2v) is 10.2. The second kappa shape index (κ2) is 10.2. The first-order valence-electron chi connectivity index (χ1n) is 13.2. The van der Waals surface area contributed by atoms with E-state index in [1.54, 1.807) is 0 Å². The number of hydrogen-bond acceptors (Lipinski definition) is 6. The fourth-order valence-electron chi connectivity index (χ4n) is 6.05. The molecule has 0 saturated carbocycles. The number of ketones is 1. The summed E-state index contributed by atoms with van der Waals surface area (Å²) in [4.78, 5) is 20.9. The van der Waals surface area contributed by atoms with Gasteiger partial charge in [0.1, 0.15) is 0 Å². The van der Waals surface area contributed by atoms with Crippen molar-refractivity contribution in [1.82, 2.24) is 4.90 Å². The Kier molecular flexibility index (Phi) is 6.65. The minimum atomic E-state index is 0.197. The first-order valence-corrected chi connectivity index (χ1v) is 13.2. The molecular weight excluding hydrogens is 450 g/mol. The Balaban J connectivity index is 1.24. The van der Waals surface area contributed by atoms with E-state index in [4.69, 9.17) is 9.47 Å². The molecule has 4 fully saturated rings. The fourth-order valence-corrected chi connectivity index (χ4v) is 6.05. The summed E-state index contributed by atoms with van der Waals surface area (Å²) in [5.74, 6) is 0.204. The molecule has 2 aromatic carbocycles. The number of morpholine rings is 2. The van der Waals surface area contributed by atoms with Gasteiger partial charge in [-0.05, 0) is 67.4 Å². The molecule has 188 valence electrons. The highest BCUT2D eigenvalue weighted by atomic mass is 16.5. The van der Waals surface area contributed by atoms with Crippen molar-refractivity contribution in [2.75, 3.05) is 69.5 Å². The largest absolute Gasteiger partial charge is 0.378 e. The second-order valence-electron chi connectivity index (χ2n) is 10.2. The quantitative estimate of drug-likeness (QED) is 0.613. The van der Waals surface area contributed by atoms with Gasteiger partial charge in [-0.15, -0.1) is 0 Å². The third-order valence-corrected chi connectivity index (χ3v) is 8.12. The fraction of sp³-hybridized carbons (Fsp3) is 0.433. The van der Waals surface area contributed by atoms with Crippen LogP contribution in [0.1, 0.15) is 24.0 Å². The Morgan fingerprint density at radius 1 is 0.667 bits per heavy atom. The van der Waals surface area contributed by atoms with Crippen LogP contribution in [0.15, 0.2) is 59.7 Å². The van der Waals surface area contributed by atoms with Crippen LogP contribution < -0.4 is 9.80 Å². The molecular formula is C30H35N3O3. The summed E-state index contributed by atoms with van der Waals surface area (Å²) in [5, 5.41) is 0. The molecule has 36 heavy (non-hydrogen) atoms. The van der Waals surface area contributed by atoms with E-state index in [1.165, 1.54) is 11.4 Å². The number of fused-ring (bicyclic) bond motifs is 2. The molecule has 0 aliphatic carbocycles. The standard InChI is InChI=1S/C30H35N3O3/c1-31-28-10-11-29(31)27(21-23-4-8-25(9-5-23)33-14-18-36-19-15-33)30(34)26(28)20-22-2-6-24(7-3-22)32-12-16-35-17-13-32/h2-9,20-21,28-29H,10-19H2,1H3/b26-20+,27-21+/t28-,29-/m0/s1. The maximum Gasteiger partial charge on any atom is 0.188 e. The van der Waals surface area contributed by atoms with E-state index >= 15 is 0 Å². The SMILES string of the molecule is CN1[C@H]2CC[C@H]1/C(=C\c1ccc(N3CCOCC3)cc1)C(=O)/C2=C/c1ccc(N2CCOCC2)cc1. The van der Waals surface area contributed by atoms with Gasteiger partial charge in [-0.1, -0.05) is 24.3 Å². The molecule has 6 nitrogen and oxygen atoms in total. The third-order valence-electron chi connectivity index (χ3n) is 8.12. The van der Waals surface area contributed by atoms with Gasteiger partial charge in [-0.3, -0.25) is 9.69 Å². The Morgan fingerprint density at radius 2 is 1.06 bits per heavy atom. The minimum absolute atomic E-state index is 0.197. The zero-order chi connectivity index (χ0) is 24.5. The molecule has 0 aromatic heterocycles. The molecule has 4 aliphatic rings. The molecule has 4 heterocycles. The molecule has 0 radical (unpaired) electrons. The highest BCUT2D eigenvalue weighted by Crippen LogP contribution is 2.40. The van der Waals surface area contributed by atoms with Crippen LogP contribution in [-0.4, -0.2) is 82.4 Å². The molecule has 0 unspecified atom stereocenters. The van der Waals surface area contributed by atoms with Gasteiger partial charge in [0.15, 0.2) is 5.78 Å². The Morgan fingerprint density at radius 3 is 1.44 bits per heavy atom. The lowest BCUT2D eigenvalue weighted by molar-refractivity contribution is -0.114. The predicted molar refractivity (Wildman–Crippen MR) is 144 cm³/mol. The Labute approximate surface area is 213 Å². The number of benzene rings is 2. The zero-order valence-electron chi connectivity index (χ0n) is 21.1. The number of Topliss-reactive ketones (excluding diaryl/α,β-unsaturated/α-hetero) is 1. The highest BCUT2D eigenvalue weighted by molar-refractivity contribution is 6.16. The van der Waals surface area contributed by atoms with E-state index in [9.17, 15) is 4.79 Å². The molecule has 6 rings (SSSR count). The number of hydrogen-bond donors (Lipinski definition) is 0. The van der Waals surface area contributed by atoms with Crippen LogP contribution in [0, 0.1) is 0 Å². The van der Waals surface area contributed by atoms with Crippen molar-refractivity contribution >= 4 is 29.3 Å². The van der Waals surface area contributed by atoms with Gasteiger partial charge >= 0.3 is 0 Å². The van der Waals surface area contributed by atoms with Crippen molar-refractivity contribution < 1.29 is 14.3 Å². The average Bonchev–Trinajstić information content (AvgIpc) is 3.25. The van der Waals surface area contributed by atoms with E-state index in [-0.39, 0.29) is 17.9 Å². The van der Waals surface area contributed by atoms with Gasteiger partial charge < -0.3 is 19.3 Å². The molecule has 4 saturated heterocycles. The van der Waals surface area contributed by atoms with Gasteiger partial charge in [-0.25, -0.2) is 0 Å². The molecule has 2 atom stereocenters. The number of carbonyl (C=O) groups excluding carboxylic acids is 1. The number of carbonyl (C=O) groups is 1. The summed E-state index contributed by atoms with van der Waals surface area (Å²) < 4.78 is 11.0.